The van der Waals surface area contributed by atoms with E-state index < -0.39 is 5.97 Å². The Balaban J connectivity index is 2.51. The molecule has 6 nitrogen and oxygen atoms in total. The molecular weight excluding hydrogens is 274 g/mol. The van der Waals surface area contributed by atoms with Gasteiger partial charge in [-0.1, -0.05) is 11.6 Å². The van der Waals surface area contributed by atoms with Crippen LogP contribution in [0.4, 0.5) is 0 Å². The smallest absolute Gasteiger partial charge is 0.337 e. The molecule has 0 fully saturated rings. The molecule has 0 spiro atoms. The van der Waals surface area contributed by atoms with Gasteiger partial charge in [0.15, 0.2) is 6.61 Å². The van der Waals surface area contributed by atoms with Gasteiger partial charge in [0, 0.05) is 13.7 Å². The van der Waals surface area contributed by atoms with Crippen LogP contribution in [-0.2, 0) is 9.53 Å². The lowest BCUT2D eigenvalue weighted by Gasteiger charge is -2.08. The molecule has 1 aromatic carbocycles. The Morgan fingerprint density at radius 2 is 2.16 bits per heavy atom. The van der Waals surface area contributed by atoms with Crippen molar-refractivity contribution in [2.45, 2.75) is 0 Å². The fraction of sp³-hybridized carbons (Fsp3) is 0.333. The van der Waals surface area contributed by atoms with Crippen LogP contribution >= 0.6 is 11.6 Å². The molecule has 0 saturated heterocycles. The van der Waals surface area contributed by atoms with Crippen molar-refractivity contribution in [2.75, 3.05) is 26.9 Å². The second kappa shape index (κ2) is 7.60. The first kappa shape index (κ1) is 15.3. The molecule has 0 atom stereocenters. The molecule has 2 N–H and O–H groups in total. The van der Waals surface area contributed by atoms with Crippen LogP contribution in [0.15, 0.2) is 18.2 Å². The van der Waals surface area contributed by atoms with E-state index >= 15 is 0 Å². The van der Waals surface area contributed by atoms with Gasteiger partial charge in [-0.2, -0.15) is 0 Å². The van der Waals surface area contributed by atoms with E-state index in [4.69, 9.17) is 26.2 Å². The fourth-order valence-corrected chi connectivity index (χ4v) is 1.45. The van der Waals surface area contributed by atoms with Crippen LogP contribution in [0.25, 0.3) is 0 Å². The predicted octanol–water partition coefficient (Wildman–Crippen LogP) is 1.18. The molecule has 0 heterocycles. The monoisotopic (exact) mass is 287 g/mol. The molecule has 0 aliphatic rings. The SMILES string of the molecule is COCCNC(=O)COc1ccc(Cl)c(C(=O)O)c1. The molecule has 0 bridgehead atoms. The Morgan fingerprint density at radius 1 is 1.42 bits per heavy atom. The van der Waals surface area contributed by atoms with E-state index in [0.29, 0.717) is 13.2 Å². The summed E-state index contributed by atoms with van der Waals surface area (Å²) in [6, 6.07) is 4.17. The van der Waals surface area contributed by atoms with Crippen LogP contribution in [0.2, 0.25) is 5.02 Å². The van der Waals surface area contributed by atoms with Crippen molar-refractivity contribution in [3.05, 3.63) is 28.8 Å². The number of aromatic carboxylic acids is 1. The minimum absolute atomic E-state index is 0.0704. The number of hydrogen-bond acceptors (Lipinski definition) is 4. The summed E-state index contributed by atoms with van der Waals surface area (Å²) in [5.41, 5.74) is -0.0704. The van der Waals surface area contributed by atoms with E-state index in [-0.39, 0.29) is 28.8 Å². The first-order valence-electron chi connectivity index (χ1n) is 5.46. The molecule has 0 aliphatic heterocycles. The quantitative estimate of drug-likeness (QED) is 0.736. The third-order valence-corrected chi connectivity index (χ3v) is 2.50. The average Bonchev–Trinajstić information content (AvgIpc) is 2.37. The van der Waals surface area contributed by atoms with Crippen molar-refractivity contribution >= 4 is 23.5 Å². The van der Waals surface area contributed by atoms with Crippen molar-refractivity contribution in [1.29, 1.82) is 0 Å². The van der Waals surface area contributed by atoms with Crippen LogP contribution in [-0.4, -0.2) is 43.9 Å². The fourth-order valence-electron chi connectivity index (χ4n) is 1.25. The maximum Gasteiger partial charge on any atom is 0.337 e. The zero-order valence-electron chi connectivity index (χ0n) is 10.3. The molecule has 0 radical (unpaired) electrons. The summed E-state index contributed by atoms with van der Waals surface area (Å²) < 4.78 is 9.94. The molecule has 1 aromatic rings. The predicted molar refractivity (Wildman–Crippen MR) is 68.8 cm³/mol. The van der Waals surface area contributed by atoms with Crippen LogP contribution in [0.3, 0.4) is 0 Å². The van der Waals surface area contributed by atoms with Crippen molar-refractivity contribution in [3.63, 3.8) is 0 Å². The van der Waals surface area contributed by atoms with Gasteiger partial charge in [0.2, 0.25) is 0 Å². The van der Waals surface area contributed by atoms with Gasteiger partial charge in [0.1, 0.15) is 5.75 Å². The summed E-state index contributed by atoms with van der Waals surface area (Å²) in [7, 11) is 1.53. The zero-order valence-corrected chi connectivity index (χ0v) is 11.1. The number of nitrogens with one attached hydrogen (secondary N) is 1. The van der Waals surface area contributed by atoms with Crippen LogP contribution in [0.5, 0.6) is 5.75 Å². The second-order valence-corrected chi connectivity index (χ2v) is 3.99. The van der Waals surface area contributed by atoms with Crippen LogP contribution in [0.1, 0.15) is 10.4 Å². The van der Waals surface area contributed by atoms with Gasteiger partial charge in [0.05, 0.1) is 17.2 Å². The molecule has 0 aliphatic carbocycles. The molecule has 0 unspecified atom stereocenters. The molecular formula is C12H14ClNO5. The lowest BCUT2D eigenvalue weighted by atomic mass is 10.2. The molecule has 19 heavy (non-hydrogen) atoms. The van der Waals surface area contributed by atoms with Gasteiger partial charge in [-0.15, -0.1) is 0 Å². The van der Waals surface area contributed by atoms with E-state index in [1.807, 2.05) is 0 Å². The van der Waals surface area contributed by atoms with E-state index in [2.05, 4.69) is 5.32 Å². The normalized spacial score (nSPS) is 10.0. The van der Waals surface area contributed by atoms with Crippen molar-refractivity contribution in [3.8, 4) is 5.75 Å². The number of benzene rings is 1. The van der Waals surface area contributed by atoms with E-state index in [9.17, 15) is 9.59 Å². The van der Waals surface area contributed by atoms with Gasteiger partial charge in [0.25, 0.3) is 5.91 Å². The number of hydrogen-bond donors (Lipinski definition) is 2. The number of carbonyl (C=O) groups excluding carboxylic acids is 1. The van der Waals surface area contributed by atoms with E-state index in [1.54, 1.807) is 0 Å². The highest BCUT2D eigenvalue weighted by Gasteiger charge is 2.10. The first-order chi connectivity index (χ1) is 9.04. The maximum absolute atomic E-state index is 11.3. The van der Waals surface area contributed by atoms with Crippen molar-refractivity contribution in [2.24, 2.45) is 0 Å². The maximum atomic E-state index is 11.3. The van der Waals surface area contributed by atoms with Gasteiger partial charge in [-0.3, -0.25) is 4.79 Å². The Bertz CT molecular complexity index is 463. The molecule has 7 heteroatoms. The first-order valence-corrected chi connectivity index (χ1v) is 5.83. The number of carbonyl (C=O) groups is 2. The second-order valence-electron chi connectivity index (χ2n) is 3.58. The Hall–Kier alpha value is -1.79. The highest BCUT2D eigenvalue weighted by Crippen LogP contribution is 2.21. The summed E-state index contributed by atoms with van der Waals surface area (Å²) >= 11 is 5.71. The Labute approximate surface area is 115 Å². The highest BCUT2D eigenvalue weighted by molar-refractivity contribution is 6.33. The summed E-state index contributed by atoms with van der Waals surface area (Å²) in [6.45, 7) is 0.597. The number of carboxylic acid groups (broad SMARTS) is 1. The minimum atomic E-state index is -1.15. The number of ether oxygens (including phenoxy) is 2. The number of amides is 1. The number of carboxylic acids is 1. The highest BCUT2D eigenvalue weighted by atomic mass is 35.5. The molecule has 0 saturated carbocycles. The lowest BCUT2D eigenvalue weighted by Crippen LogP contribution is -2.31. The number of rotatable bonds is 7. The topological polar surface area (TPSA) is 84.9 Å². The zero-order chi connectivity index (χ0) is 14.3. The van der Waals surface area contributed by atoms with Gasteiger partial charge in [-0.25, -0.2) is 4.79 Å². The van der Waals surface area contributed by atoms with Gasteiger partial charge >= 0.3 is 5.97 Å². The van der Waals surface area contributed by atoms with Crippen molar-refractivity contribution < 1.29 is 24.2 Å². The van der Waals surface area contributed by atoms with E-state index in [0.717, 1.165) is 0 Å². The molecule has 0 aromatic heterocycles. The van der Waals surface area contributed by atoms with Crippen LogP contribution in [0, 0.1) is 0 Å². The van der Waals surface area contributed by atoms with Crippen molar-refractivity contribution in [1.82, 2.24) is 5.32 Å². The van der Waals surface area contributed by atoms with Gasteiger partial charge < -0.3 is 19.9 Å². The largest absolute Gasteiger partial charge is 0.484 e. The third kappa shape index (κ3) is 5.15. The van der Waals surface area contributed by atoms with Crippen LogP contribution < -0.4 is 10.1 Å². The number of methoxy groups -OCH3 is 1. The van der Waals surface area contributed by atoms with E-state index in [1.165, 1.54) is 25.3 Å². The third-order valence-electron chi connectivity index (χ3n) is 2.17. The number of halogens is 1. The molecule has 1 rings (SSSR count). The Kier molecular flexibility index (Phi) is 6.11. The summed E-state index contributed by atoms with van der Waals surface area (Å²) in [5, 5.41) is 11.6. The Morgan fingerprint density at radius 3 is 2.79 bits per heavy atom. The summed E-state index contributed by atoms with van der Waals surface area (Å²) in [5.74, 6) is -1.20. The average molecular weight is 288 g/mol. The van der Waals surface area contributed by atoms with Gasteiger partial charge in [-0.05, 0) is 18.2 Å². The summed E-state index contributed by atoms with van der Waals surface area (Å²) in [4.78, 5) is 22.2. The molecule has 104 valence electrons. The lowest BCUT2D eigenvalue weighted by molar-refractivity contribution is -0.123. The minimum Gasteiger partial charge on any atom is -0.484 e. The molecule has 1 amide bonds. The standard InChI is InChI=1S/C12H14ClNO5/c1-18-5-4-14-11(15)7-19-8-2-3-10(13)9(6-8)12(16)17/h2-3,6H,4-5,7H2,1H3,(H,14,15)(H,16,17). The summed E-state index contributed by atoms with van der Waals surface area (Å²) in [6.07, 6.45) is 0.